The summed E-state index contributed by atoms with van der Waals surface area (Å²) >= 11 is 0. The van der Waals surface area contributed by atoms with Gasteiger partial charge in [-0.3, -0.25) is 0 Å². The van der Waals surface area contributed by atoms with Crippen LogP contribution >= 0.6 is 0 Å². The minimum Gasteiger partial charge on any atom is -0.0619 e. The monoisotopic (exact) mass is 568 g/mol. The van der Waals surface area contributed by atoms with E-state index in [0.29, 0.717) is 0 Å². The van der Waals surface area contributed by atoms with Crippen molar-refractivity contribution < 1.29 is 0 Å². The first-order chi connectivity index (χ1) is 22.3. The van der Waals surface area contributed by atoms with Gasteiger partial charge in [0.15, 0.2) is 0 Å². The second-order valence-electron chi connectivity index (χ2n) is 13.1. The second-order valence-corrected chi connectivity index (χ2v) is 13.1. The van der Waals surface area contributed by atoms with Crippen molar-refractivity contribution in [3.63, 3.8) is 0 Å². The number of hydrogen-bond donors (Lipinski definition) is 0. The molecule has 4 aliphatic rings. The smallest absolute Gasteiger partial charge is 0.0619 e. The Hall–Kier alpha value is -5.46. The third-order valence-electron chi connectivity index (χ3n) is 11.4. The van der Waals surface area contributed by atoms with Crippen molar-refractivity contribution in [1.82, 2.24) is 0 Å². The van der Waals surface area contributed by atoms with Gasteiger partial charge in [0, 0.05) is 0 Å². The van der Waals surface area contributed by atoms with E-state index < -0.39 is 10.8 Å². The molecule has 0 aliphatic heterocycles. The van der Waals surface area contributed by atoms with Gasteiger partial charge in [0.2, 0.25) is 0 Å². The van der Waals surface area contributed by atoms with Gasteiger partial charge in [-0.2, -0.15) is 0 Å². The minimum atomic E-state index is -0.427. The van der Waals surface area contributed by atoms with Crippen LogP contribution in [-0.4, -0.2) is 0 Å². The fourth-order valence-electron chi connectivity index (χ4n) is 9.86. The van der Waals surface area contributed by atoms with Crippen LogP contribution in [0.5, 0.6) is 0 Å². The highest BCUT2D eigenvalue weighted by molar-refractivity contribution is 5.95. The molecule has 208 valence electrons. The third-order valence-corrected chi connectivity index (χ3v) is 11.4. The van der Waals surface area contributed by atoms with Crippen LogP contribution in [0.15, 0.2) is 158 Å². The van der Waals surface area contributed by atoms with Crippen molar-refractivity contribution in [2.75, 3.05) is 0 Å². The van der Waals surface area contributed by atoms with Gasteiger partial charge < -0.3 is 0 Å². The minimum absolute atomic E-state index is 0.416. The zero-order chi connectivity index (χ0) is 29.3. The molecule has 4 aliphatic carbocycles. The Balaban J connectivity index is 1.39. The lowest BCUT2D eigenvalue weighted by Gasteiger charge is -2.49. The SMILES string of the molecule is c1ccc2c(c1)Cc1cc3c(cc1-2)C1(c2ccccc2-c2ccccc21)c1ccccc1C31c2ccccc2-c2ccccc21. The summed E-state index contributed by atoms with van der Waals surface area (Å²) in [5, 5.41) is 0. The molecule has 0 radical (unpaired) electrons. The topological polar surface area (TPSA) is 0 Å². The van der Waals surface area contributed by atoms with E-state index >= 15 is 0 Å². The maximum Gasteiger partial charge on any atom is 0.0720 e. The summed E-state index contributed by atoms with van der Waals surface area (Å²) in [4.78, 5) is 0. The van der Waals surface area contributed by atoms with Crippen LogP contribution in [0.1, 0.15) is 55.6 Å². The van der Waals surface area contributed by atoms with E-state index in [0.717, 1.165) is 6.42 Å². The molecular weight excluding hydrogens is 540 g/mol. The Morgan fingerprint density at radius 3 is 1.09 bits per heavy atom. The normalized spacial score (nSPS) is 15.8. The largest absolute Gasteiger partial charge is 0.0720 e. The average Bonchev–Trinajstić information content (AvgIpc) is 3.72. The summed E-state index contributed by atoms with van der Waals surface area (Å²) in [6.45, 7) is 0. The fourth-order valence-corrected chi connectivity index (χ4v) is 9.86. The van der Waals surface area contributed by atoms with Gasteiger partial charge in [-0.05, 0) is 102 Å². The van der Waals surface area contributed by atoms with E-state index in [4.69, 9.17) is 0 Å². The van der Waals surface area contributed by atoms with Gasteiger partial charge in [-0.15, -0.1) is 0 Å². The molecule has 0 saturated carbocycles. The predicted molar refractivity (Wildman–Crippen MR) is 183 cm³/mol. The molecule has 7 aromatic carbocycles. The summed E-state index contributed by atoms with van der Waals surface area (Å²) in [5.74, 6) is 0. The lowest BCUT2D eigenvalue weighted by atomic mass is 9.52. The van der Waals surface area contributed by atoms with Gasteiger partial charge in [0.25, 0.3) is 0 Å². The molecule has 0 atom stereocenters. The highest BCUT2D eigenvalue weighted by Gasteiger charge is 2.59. The van der Waals surface area contributed by atoms with Crippen LogP contribution in [0.4, 0.5) is 0 Å². The maximum atomic E-state index is 2.62. The zero-order valence-electron chi connectivity index (χ0n) is 24.7. The standard InChI is InChI=1S/C45H28/c1-2-14-30-28(13-1)25-29-26-42-43(27-35(29)30)45(38-21-9-5-17-33(38)34-18-6-10-22-39(34)45)41-24-12-11-23-40(41)44(42)36-19-7-3-15-31(36)32-16-4-8-20-37(32)44/h1-24,26-27H,25H2. The number of hydrogen-bond acceptors (Lipinski definition) is 0. The van der Waals surface area contributed by atoms with E-state index in [9.17, 15) is 0 Å². The van der Waals surface area contributed by atoms with Crippen molar-refractivity contribution in [2.45, 2.75) is 17.3 Å². The van der Waals surface area contributed by atoms with Crippen molar-refractivity contribution >= 4 is 0 Å². The Kier molecular flexibility index (Phi) is 4.34. The van der Waals surface area contributed by atoms with Crippen molar-refractivity contribution in [1.29, 1.82) is 0 Å². The average molecular weight is 569 g/mol. The fraction of sp³-hybridized carbons (Fsp3) is 0.0667. The first-order valence-corrected chi connectivity index (χ1v) is 16.1. The van der Waals surface area contributed by atoms with Crippen LogP contribution in [0.3, 0.4) is 0 Å². The molecule has 0 N–H and O–H groups in total. The van der Waals surface area contributed by atoms with Crippen molar-refractivity contribution in [3.8, 4) is 33.4 Å². The van der Waals surface area contributed by atoms with Gasteiger partial charge in [0.1, 0.15) is 0 Å². The summed E-state index contributed by atoms with van der Waals surface area (Å²) in [6.07, 6.45) is 0.972. The molecule has 0 nitrogen and oxygen atoms in total. The molecule has 11 rings (SSSR count). The highest BCUT2D eigenvalue weighted by Crippen LogP contribution is 2.68. The molecular formula is C45H28. The Labute approximate surface area is 263 Å². The molecule has 0 unspecified atom stereocenters. The maximum absolute atomic E-state index is 2.62. The molecule has 2 spiro atoms. The summed E-state index contributed by atoms with van der Waals surface area (Å²) in [7, 11) is 0. The van der Waals surface area contributed by atoms with E-state index in [1.54, 1.807) is 0 Å². The molecule has 7 aromatic rings. The van der Waals surface area contributed by atoms with Crippen molar-refractivity contribution in [3.05, 3.63) is 213 Å². The summed E-state index contributed by atoms with van der Waals surface area (Å²) in [6, 6.07) is 60.3. The number of benzene rings is 7. The van der Waals surface area contributed by atoms with E-state index in [-0.39, 0.29) is 0 Å². The van der Waals surface area contributed by atoms with Crippen molar-refractivity contribution in [2.24, 2.45) is 0 Å². The number of fused-ring (bicyclic) bond motifs is 19. The van der Waals surface area contributed by atoms with E-state index in [2.05, 4.69) is 158 Å². The Bertz CT molecular complexity index is 2330. The molecule has 0 heteroatoms. The van der Waals surface area contributed by atoms with Gasteiger partial charge in [-0.1, -0.05) is 152 Å². The molecule has 45 heavy (non-hydrogen) atoms. The molecule has 0 bridgehead atoms. The molecule has 0 heterocycles. The lowest BCUT2D eigenvalue weighted by molar-refractivity contribution is 0.632. The third kappa shape index (κ3) is 2.61. The van der Waals surface area contributed by atoms with Crippen LogP contribution in [0, 0.1) is 0 Å². The summed E-state index contributed by atoms with van der Waals surface area (Å²) in [5.41, 5.74) is 21.4. The van der Waals surface area contributed by atoms with Gasteiger partial charge in [0.05, 0.1) is 10.8 Å². The molecule has 0 saturated heterocycles. The second kappa shape index (κ2) is 8.17. The first-order valence-electron chi connectivity index (χ1n) is 16.1. The van der Waals surface area contributed by atoms with Gasteiger partial charge >= 0.3 is 0 Å². The highest BCUT2D eigenvalue weighted by atomic mass is 14.6. The molecule has 0 fully saturated rings. The van der Waals surface area contributed by atoms with E-state index in [1.165, 1.54) is 89.0 Å². The quantitative estimate of drug-likeness (QED) is 0.171. The molecule has 0 amide bonds. The van der Waals surface area contributed by atoms with Crippen LogP contribution in [0.2, 0.25) is 0 Å². The zero-order valence-corrected chi connectivity index (χ0v) is 24.7. The van der Waals surface area contributed by atoms with Crippen LogP contribution in [0.25, 0.3) is 33.4 Å². The first kappa shape index (κ1) is 23.9. The molecule has 0 aromatic heterocycles. The van der Waals surface area contributed by atoms with E-state index in [1.807, 2.05) is 0 Å². The Morgan fingerprint density at radius 2 is 0.622 bits per heavy atom. The Morgan fingerprint density at radius 1 is 0.267 bits per heavy atom. The van der Waals surface area contributed by atoms with Crippen LogP contribution in [-0.2, 0) is 17.3 Å². The van der Waals surface area contributed by atoms with Gasteiger partial charge in [-0.25, -0.2) is 0 Å². The lowest BCUT2D eigenvalue weighted by Crippen LogP contribution is -2.44. The number of rotatable bonds is 0. The van der Waals surface area contributed by atoms with Crippen LogP contribution < -0.4 is 0 Å². The summed E-state index contributed by atoms with van der Waals surface area (Å²) < 4.78 is 0. The predicted octanol–water partition coefficient (Wildman–Crippen LogP) is 10.3.